The minimum Gasteiger partial charge on any atom is -0.333 e. The van der Waals surface area contributed by atoms with Crippen LogP contribution >= 0.6 is 0 Å². The maximum atomic E-state index is 11.9. The summed E-state index contributed by atoms with van der Waals surface area (Å²) in [4.78, 5) is 13.9. The highest BCUT2D eigenvalue weighted by Gasteiger charge is 2.36. The van der Waals surface area contributed by atoms with Crippen LogP contribution in [0.1, 0.15) is 38.5 Å². The van der Waals surface area contributed by atoms with Crippen molar-refractivity contribution in [1.82, 2.24) is 15.5 Å². The Morgan fingerprint density at radius 2 is 2.00 bits per heavy atom. The second-order valence-electron chi connectivity index (χ2n) is 5.80. The standard InChI is InChI=1S/C13H23N3O/c17-13-15-12(10-4-1-2-5-10)9-16(13)8-11-6-3-7-14-11/h10-12,14H,1-9H2,(H,15,17). The molecule has 0 bridgehead atoms. The van der Waals surface area contributed by atoms with Gasteiger partial charge in [0.1, 0.15) is 0 Å². The second kappa shape index (κ2) is 4.84. The molecular weight excluding hydrogens is 214 g/mol. The van der Waals surface area contributed by atoms with Gasteiger partial charge >= 0.3 is 6.03 Å². The van der Waals surface area contributed by atoms with Crippen LogP contribution < -0.4 is 10.6 Å². The first-order chi connectivity index (χ1) is 8.33. The SMILES string of the molecule is O=C1NC(C2CCCC2)CN1CC1CCCN1. The monoisotopic (exact) mass is 237 g/mol. The van der Waals surface area contributed by atoms with E-state index in [0.29, 0.717) is 12.1 Å². The van der Waals surface area contributed by atoms with Gasteiger partial charge in [0.25, 0.3) is 0 Å². The van der Waals surface area contributed by atoms with Gasteiger partial charge in [-0.05, 0) is 38.1 Å². The van der Waals surface area contributed by atoms with E-state index in [1.54, 1.807) is 0 Å². The van der Waals surface area contributed by atoms with E-state index in [2.05, 4.69) is 10.6 Å². The first kappa shape index (κ1) is 11.3. The van der Waals surface area contributed by atoms with Crippen LogP contribution in [0.3, 0.4) is 0 Å². The third-order valence-corrected chi connectivity index (χ3v) is 4.59. The zero-order valence-electron chi connectivity index (χ0n) is 10.5. The second-order valence-corrected chi connectivity index (χ2v) is 5.80. The molecule has 4 nitrogen and oxygen atoms in total. The molecule has 0 aromatic rings. The summed E-state index contributed by atoms with van der Waals surface area (Å²) in [7, 11) is 0. The number of carbonyl (C=O) groups is 1. The summed E-state index contributed by atoms with van der Waals surface area (Å²) in [6.07, 6.45) is 7.79. The van der Waals surface area contributed by atoms with E-state index in [0.717, 1.165) is 25.6 Å². The fraction of sp³-hybridized carbons (Fsp3) is 0.923. The van der Waals surface area contributed by atoms with E-state index >= 15 is 0 Å². The van der Waals surface area contributed by atoms with Crippen molar-refractivity contribution in [1.29, 1.82) is 0 Å². The van der Waals surface area contributed by atoms with E-state index in [9.17, 15) is 4.79 Å². The molecule has 2 heterocycles. The molecule has 96 valence electrons. The van der Waals surface area contributed by atoms with Gasteiger partial charge in [-0.3, -0.25) is 0 Å². The summed E-state index contributed by atoms with van der Waals surface area (Å²) in [6.45, 7) is 2.95. The van der Waals surface area contributed by atoms with Gasteiger partial charge in [0.2, 0.25) is 0 Å². The van der Waals surface area contributed by atoms with E-state index < -0.39 is 0 Å². The van der Waals surface area contributed by atoms with Crippen molar-refractivity contribution in [2.45, 2.75) is 50.6 Å². The Morgan fingerprint density at radius 3 is 2.71 bits per heavy atom. The van der Waals surface area contributed by atoms with Crippen molar-refractivity contribution in [2.24, 2.45) is 5.92 Å². The van der Waals surface area contributed by atoms with Crippen LogP contribution in [0.5, 0.6) is 0 Å². The van der Waals surface area contributed by atoms with Gasteiger partial charge in [-0.15, -0.1) is 0 Å². The molecule has 4 heteroatoms. The molecular formula is C13H23N3O. The lowest BCUT2D eigenvalue weighted by atomic mass is 9.99. The molecule has 3 fully saturated rings. The van der Waals surface area contributed by atoms with Crippen LogP contribution in [0.15, 0.2) is 0 Å². The Hall–Kier alpha value is -0.770. The number of nitrogens with zero attached hydrogens (tertiary/aromatic N) is 1. The van der Waals surface area contributed by atoms with Gasteiger partial charge in [0, 0.05) is 19.1 Å². The summed E-state index contributed by atoms with van der Waals surface area (Å²) < 4.78 is 0. The Labute approximate surface area is 103 Å². The molecule has 0 aromatic carbocycles. The average molecular weight is 237 g/mol. The summed E-state index contributed by atoms with van der Waals surface area (Å²) in [6, 6.07) is 1.12. The molecule has 3 aliphatic rings. The molecule has 2 saturated heterocycles. The van der Waals surface area contributed by atoms with Crippen molar-refractivity contribution >= 4 is 6.03 Å². The molecule has 0 radical (unpaired) electrons. The van der Waals surface area contributed by atoms with Crippen molar-refractivity contribution in [3.05, 3.63) is 0 Å². The largest absolute Gasteiger partial charge is 0.333 e. The molecule has 2 amide bonds. The summed E-state index contributed by atoms with van der Waals surface area (Å²) in [5.41, 5.74) is 0. The van der Waals surface area contributed by atoms with Gasteiger partial charge in [0.05, 0.1) is 6.04 Å². The van der Waals surface area contributed by atoms with E-state index in [1.165, 1.54) is 38.5 Å². The maximum absolute atomic E-state index is 11.9. The maximum Gasteiger partial charge on any atom is 0.317 e. The highest BCUT2D eigenvalue weighted by Crippen LogP contribution is 2.30. The zero-order valence-corrected chi connectivity index (χ0v) is 10.5. The van der Waals surface area contributed by atoms with Crippen LogP contribution in [0, 0.1) is 5.92 Å². The van der Waals surface area contributed by atoms with Gasteiger partial charge in [-0.25, -0.2) is 4.79 Å². The molecule has 1 aliphatic carbocycles. The quantitative estimate of drug-likeness (QED) is 0.777. The third-order valence-electron chi connectivity index (χ3n) is 4.59. The number of nitrogens with one attached hydrogen (secondary N) is 2. The molecule has 2 aliphatic heterocycles. The Bertz CT molecular complexity index is 282. The van der Waals surface area contributed by atoms with Crippen LogP contribution in [0.2, 0.25) is 0 Å². The number of amides is 2. The number of hydrogen-bond donors (Lipinski definition) is 2. The van der Waals surface area contributed by atoms with Crippen LogP contribution in [-0.2, 0) is 0 Å². The average Bonchev–Trinajstić information content (AvgIpc) is 3.02. The molecule has 2 unspecified atom stereocenters. The lowest BCUT2D eigenvalue weighted by molar-refractivity contribution is 0.213. The Balaban J connectivity index is 1.53. The number of urea groups is 1. The van der Waals surface area contributed by atoms with Crippen molar-refractivity contribution in [3.8, 4) is 0 Å². The summed E-state index contributed by atoms with van der Waals surface area (Å²) in [5.74, 6) is 0.737. The molecule has 3 rings (SSSR count). The topological polar surface area (TPSA) is 44.4 Å². The molecule has 2 atom stereocenters. The number of hydrogen-bond acceptors (Lipinski definition) is 2. The van der Waals surface area contributed by atoms with Crippen LogP contribution in [-0.4, -0.2) is 42.6 Å². The zero-order chi connectivity index (χ0) is 11.7. The number of rotatable bonds is 3. The lowest BCUT2D eigenvalue weighted by Gasteiger charge is -2.20. The van der Waals surface area contributed by atoms with Crippen molar-refractivity contribution in [3.63, 3.8) is 0 Å². The predicted octanol–water partition coefficient (Wildman–Crippen LogP) is 1.32. The van der Waals surface area contributed by atoms with E-state index in [1.807, 2.05) is 4.90 Å². The molecule has 2 N–H and O–H groups in total. The molecule has 0 spiro atoms. The fourth-order valence-corrected chi connectivity index (χ4v) is 3.58. The Morgan fingerprint density at radius 1 is 1.18 bits per heavy atom. The van der Waals surface area contributed by atoms with E-state index in [-0.39, 0.29) is 6.03 Å². The minimum absolute atomic E-state index is 0.163. The van der Waals surface area contributed by atoms with Gasteiger partial charge in [-0.2, -0.15) is 0 Å². The van der Waals surface area contributed by atoms with Crippen molar-refractivity contribution < 1.29 is 4.79 Å². The third kappa shape index (κ3) is 2.41. The van der Waals surface area contributed by atoms with Crippen LogP contribution in [0.4, 0.5) is 4.79 Å². The first-order valence-corrected chi connectivity index (χ1v) is 7.12. The van der Waals surface area contributed by atoms with Gasteiger partial charge < -0.3 is 15.5 Å². The summed E-state index contributed by atoms with van der Waals surface area (Å²) >= 11 is 0. The van der Waals surface area contributed by atoms with Gasteiger partial charge in [-0.1, -0.05) is 12.8 Å². The minimum atomic E-state index is 0.163. The fourth-order valence-electron chi connectivity index (χ4n) is 3.58. The van der Waals surface area contributed by atoms with Crippen LogP contribution in [0.25, 0.3) is 0 Å². The van der Waals surface area contributed by atoms with Gasteiger partial charge in [0.15, 0.2) is 0 Å². The molecule has 1 saturated carbocycles. The normalized spacial score (nSPS) is 34.6. The lowest BCUT2D eigenvalue weighted by Crippen LogP contribution is -2.39. The highest BCUT2D eigenvalue weighted by atomic mass is 16.2. The van der Waals surface area contributed by atoms with E-state index in [4.69, 9.17) is 0 Å². The molecule has 0 aromatic heterocycles. The highest BCUT2D eigenvalue weighted by molar-refractivity contribution is 5.77. The van der Waals surface area contributed by atoms with Crippen molar-refractivity contribution in [2.75, 3.05) is 19.6 Å². The predicted molar refractivity (Wildman–Crippen MR) is 66.9 cm³/mol. The summed E-state index contributed by atoms with van der Waals surface area (Å²) in [5, 5.41) is 6.65. The Kier molecular flexibility index (Phi) is 3.23. The first-order valence-electron chi connectivity index (χ1n) is 7.12. The smallest absolute Gasteiger partial charge is 0.317 e. The molecule has 17 heavy (non-hydrogen) atoms. The number of carbonyl (C=O) groups excluding carboxylic acids is 1.